The summed E-state index contributed by atoms with van der Waals surface area (Å²) in [6.45, 7) is 3.74. The van der Waals surface area contributed by atoms with Crippen LogP contribution in [0.1, 0.15) is 36.9 Å². The summed E-state index contributed by atoms with van der Waals surface area (Å²) >= 11 is 0. The number of benzene rings is 2. The molecule has 0 saturated heterocycles. The van der Waals surface area contributed by atoms with E-state index in [1.165, 1.54) is 4.90 Å². The summed E-state index contributed by atoms with van der Waals surface area (Å²) in [6.07, 6.45) is 0.712. The predicted octanol–water partition coefficient (Wildman–Crippen LogP) is 2.92. The van der Waals surface area contributed by atoms with E-state index in [-0.39, 0.29) is 44.0 Å². The second-order valence-corrected chi connectivity index (χ2v) is 7.15. The van der Waals surface area contributed by atoms with E-state index in [0.29, 0.717) is 11.4 Å². The average Bonchev–Trinajstić information content (AvgIpc) is 2.76. The van der Waals surface area contributed by atoms with Crippen LogP contribution in [0.15, 0.2) is 48.5 Å². The third kappa shape index (κ3) is 5.37. The van der Waals surface area contributed by atoms with E-state index in [4.69, 9.17) is 9.47 Å². The molecule has 2 amide bonds. The number of rotatable bonds is 8. The van der Waals surface area contributed by atoms with Crippen LogP contribution in [0, 0.1) is 6.92 Å². The number of carbonyl (C=O) groups excluding carboxylic acids is 3. The fourth-order valence-corrected chi connectivity index (χ4v) is 3.28. The lowest BCUT2D eigenvalue weighted by atomic mass is 10.0. The Balaban J connectivity index is 1.47. The Kier molecular flexibility index (Phi) is 7.06. The number of hydrogen-bond acceptors (Lipinski definition) is 5. The van der Waals surface area contributed by atoms with E-state index in [2.05, 4.69) is 5.32 Å². The summed E-state index contributed by atoms with van der Waals surface area (Å²) in [5.41, 5.74) is 2.78. The third-order valence-corrected chi connectivity index (χ3v) is 4.94. The zero-order chi connectivity index (χ0) is 21.5. The Hall–Kier alpha value is -3.35. The van der Waals surface area contributed by atoms with Gasteiger partial charge in [0.05, 0.1) is 18.2 Å². The first-order valence-electron chi connectivity index (χ1n) is 10.0. The lowest BCUT2D eigenvalue weighted by Gasteiger charge is -2.28. The van der Waals surface area contributed by atoms with Crippen molar-refractivity contribution in [3.05, 3.63) is 59.7 Å². The van der Waals surface area contributed by atoms with Crippen LogP contribution < -0.4 is 15.0 Å². The normalized spacial score (nSPS) is 13.8. The summed E-state index contributed by atoms with van der Waals surface area (Å²) in [6, 6.07) is 15.0. The fraction of sp³-hybridized carbons (Fsp3) is 0.348. The van der Waals surface area contributed by atoms with Crippen molar-refractivity contribution in [2.75, 3.05) is 24.7 Å². The highest BCUT2D eigenvalue weighted by Crippen LogP contribution is 2.31. The average molecular weight is 410 g/mol. The van der Waals surface area contributed by atoms with Gasteiger partial charge in [-0.1, -0.05) is 48.9 Å². The molecule has 158 valence electrons. The first-order valence-corrected chi connectivity index (χ1v) is 10.0. The molecule has 0 fully saturated rings. The van der Waals surface area contributed by atoms with Gasteiger partial charge in [-0.05, 0) is 31.0 Å². The number of amides is 2. The van der Waals surface area contributed by atoms with Gasteiger partial charge in [-0.15, -0.1) is 0 Å². The molecule has 0 aromatic heterocycles. The van der Waals surface area contributed by atoms with Gasteiger partial charge < -0.3 is 19.7 Å². The summed E-state index contributed by atoms with van der Waals surface area (Å²) < 4.78 is 10.5. The van der Waals surface area contributed by atoms with E-state index in [9.17, 15) is 14.4 Å². The number of aryl methyl sites for hydroxylation is 1. The minimum absolute atomic E-state index is 0.0114. The van der Waals surface area contributed by atoms with Crippen LogP contribution in [0.5, 0.6) is 5.75 Å². The molecule has 3 rings (SSSR count). The lowest BCUT2D eigenvalue weighted by Crippen LogP contribution is -2.40. The highest BCUT2D eigenvalue weighted by Gasteiger charge is 2.25. The maximum atomic E-state index is 12.2. The summed E-state index contributed by atoms with van der Waals surface area (Å²) in [5, 5.41) is 2.89. The number of ether oxygens (including phenoxy) is 2. The minimum atomic E-state index is -0.537. The molecular weight excluding hydrogens is 384 g/mol. The van der Waals surface area contributed by atoms with Crippen molar-refractivity contribution in [1.29, 1.82) is 0 Å². The smallest absolute Gasteiger partial charge is 0.308 e. The summed E-state index contributed by atoms with van der Waals surface area (Å²) in [5.74, 6) is -0.511. The van der Waals surface area contributed by atoms with Crippen molar-refractivity contribution in [1.82, 2.24) is 5.32 Å². The van der Waals surface area contributed by atoms with Crippen molar-refractivity contribution >= 4 is 23.5 Å². The van der Waals surface area contributed by atoms with Crippen molar-refractivity contribution in [3.8, 4) is 5.75 Å². The van der Waals surface area contributed by atoms with Crippen LogP contribution in [0.3, 0.4) is 0 Å². The first-order chi connectivity index (χ1) is 14.5. The van der Waals surface area contributed by atoms with Crippen LogP contribution in [-0.2, 0) is 19.1 Å². The summed E-state index contributed by atoms with van der Waals surface area (Å²) in [7, 11) is 0. The van der Waals surface area contributed by atoms with Crippen molar-refractivity contribution < 1.29 is 23.9 Å². The molecule has 0 unspecified atom stereocenters. The molecule has 1 heterocycles. The Morgan fingerprint density at radius 1 is 1.17 bits per heavy atom. The van der Waals surface area contributed by atoms with E-state index in [1.54, 1.807) is 18.2 Å². The van der Waals surface area contributed by atoms with Gasteiger partial charge in [-0.3, -0.25) is 14.4 Å². The topological polar surface area (TPSA) is 84.9 Å². The first kappa shape index (κ1) is 21.4. The molecule has 2 aromatic rings. The highest BCUT2D eigenvalue weighted by atomic mass is 16.5. The third-order valence-electron chi connectivity index (χ3n) is 4.94. The number of anilines is 1. The van der Waals surface area contributed by atoms with Gasteiger partial charge in [0.2, 0.25) is 0 Å². The molecule has 30 heavy (non-hydrogen) atoms. The van der Waals surface area contributed by atoms with Crippen LogP contribution in [0.25, 0.3) is 0 Å². The molecule has 7 nitrogen and oxygen atoms in total. The Morgan fingerprint density at radius 3 is 2.63 bits per heavy atom. The molecule has 1 atom stereocenters. The Labute approximate surface area is 176 Å². The lowest BCUT2D eigenvalue weighted by molar-refractivity contribution is -0.148. The van der Waals surface area contributed by atoms with Gasteiger partial charge >= 0.3 is 5.97 Å². The van der Waals surface area contributed by atoms with E-state index < -0.39 is 5.97 Å². The second kappa shape index (κ2) is 9.91. The van der Waals surface area contributed by atoms with Gasteiger partial charge in [0.25, 0.3) is 11.8 Å². The molecule has 1 aliphatic heterocycles. The number of carbonyl (C=O) groups is 3. The van der Waals surface area contributed by atoms with E-state index in [1.807, 2.05) is 44.2 Å². The van der Waals surface area contributed by atoms with Crippen molar-refractivity contribution in [2.24, 2.45) is 0 Å². The molecule has 0 radical (unpaired) electrons. The van der Waals surface area contributed by atoms with Crippen LogP contribution in [-0.4, -0.2) is 37.5 Å². The van der Waals surface area contributed by atoms with Crippen molar-refractivity contribution in [3.63, 3.8) is 0 Å². The number of fused-ring (bicyclic) bond motifs is 1. The molecule has 7 heteroatoms. The largest absolute Gasteiger partial charge is 0.482 e. The van der Waals surface area contributed by atoms with Gasteiger partial charge in [-0.2, -0.15) is 0 Å². The SMILES string of the molecule is CC[C@H](NC(=O)COC(=O)CCN1C(=O)COc2ccccc21)c1ccc(C)cc1. The Bertz CT molecular complexity index is 910. The van der Waals surface area contributed by atoms with Crippen molar-refractivity contribution in [2.45, 2.75) is 32.7 Å². The van der Waals surface area contributed by atoms with Gasteiger partial charge in [0.1, 0.15) is 5.75 Å². The number of esters is 1. The Morgan fingerprint density at radius 2 is 1.90 bits per heavy atom. The van der Waals surface area contributed by atoms with E-state index in [0.717, 1.165) is 17.5 Å². The number of hydrogen-bond donors (Lipinski definition) is 1. The predicted molar refractivity (Wildman–Crippen MR) is 112 cm³/mol. The molecule has 2 aromatic carbocycles. The molecule has 0 saturated carbocycles. The quantitative estimate of drug-likeness (QED) is 0.677. The summed E-state index contributed by atoms with van der Waals surface area (Å²) in [4.78, 5) is 37.9. The number of para-hydroxylation sites is 2. The standard InChI is InChI=1S/C23H26N2O5/c1-3-18(17-10-8-16(2)9-11-17)24-21(26)14-30-23(28)12-13-25-19-6-4-5-7-20(19)29-15-22(25)27/h4-11,18H,3,12-15H2,1-2H3,(H,24,26)/t18-/m0/s1. The highest BCUT2D eigenvalue weighted by molar-refractivity contribution is 5.98. The van der Waals surface area contributed by atoms with Gasteiger partial charge in [0.15, 0.2) is 13.2 Å². The van der Waals surface area contributed by atoms with Gasteiger partial charge in [0, 0.05) is 6.54 Å². The molecule has 0 aliphatic carbocycles. The second-order valence-electron chi connectivity index (χ2n) is 7.15. The van der Waals surface area contributed by atoms with E-state index >= 15 is 0 Å². The van der Waals surface area contributed by atoms with Crippen LogP contribution in [0.4, 0.5) is 5.69 Å². The fourth-order valence-electron chi connectivity index (χ4n) is 3.28. The number of nitrogens with one attached hydrogen (secondary N) is 1. The number of nitrogens with zero attached hydrogens (tertiary/aromatic N) is 1. The molecule has 0 spiro atoms. The molecule has 1 N–H and O–H groups in total. The van der Waals surface area contributed by atoms with Gasteiger partial charge in [-0.25, -0.2) is 0 Å². The van der Waals surface area contributed by atoms with Crippen LogP contribution in [0.2, 0.25) is 0 Å². The zero-order valence-electron chi connectivity index (χ0n) is 17.2. The molecule has 0 bridgehead atoms. The van der Waals surface area contributed by atoms with Crippen LogP contribution >= 0.6 is 0 Å². The zero-order valence-corrected chi connectivity index (χ0v) is 17.2. The maximum Gasteiger partial charge on any atom is 0.308 e. The molecular formula is C23H26N2O5. The monoisotopic (exact) mass is 410 g/mol. The minimum Gasteiger partial charge on any atom is -0.482 e. The maximum absolute atomic E-state index is 12.2. The molecule has 1 aliphatic rings.